The minimum Gasteiger partial charge on any atom is -0.436 e. The van der Waals surface area contributed by atoms with Crippen LogP contribution in [0.1, 0.15) is 5.56 Å². The molecule has 0 spiro atoms. The smallest absolute Gasteiger partial charge is 0.248 e. The van der Waals surface area contributed by atoms with E-state index in [0.717, 1.165) is 15.6 Å². The van der Waals surface area contributed by atoms with Crippen molar-refractivity contribution >= 4 is 44.7 Å². The van der Waals surface area contributed by atoms with E-state index in [1.807, 2.05) is 54.6 Å². The summed E-state index contributed by atoms with van der Waals surface area (Å²) in [5.41, 5.74) is 3.86. The van der Waals surface area contributed by atoms with Gasteiger partial charge in [0.2, 0.25) is 11.8 Å². The van der Waals surface area contributed by atoms with Crippen LogP contribution in [0, 0.1) is 0 Å². The summed E-state index contributed by atoms with van der Waals surface area (Å²) in [6, 6.07) is 22.8. The number of carbonyl (C=O) groups excluding carboxylic acids is 1. The number of hydrogen-bond donors (Lipinski definition) is 1. The van der Waals surface area contributed by atoms with E-state index in [-0.39, 0.29) is 5.91 Å². The van der Waals surface area contributed by atoms with Crippen LogP contribution in [0.2, 0.25) is 0 Å². The lowest BCUT2D eigenvalue weighted by atomic mass is 10.2. The SMILES string of the molecule is O=C(C=Cc1ccccc1)Nc1ccc2oc(-c3ccccc3Br)nc2c1. The Kier molecular flexibility index (Phi) is 4.85. The Morgan fingerprint density at radius 3 is 2.59 bits per heavy atom. The molecule has 4 nitrogen and oxygen atoms in total. The fraction of sp³-hybridized carbons (Fsp3) is 0. The molecule has 5 heteroatoms. The van der Waals surface area contributed by atoms with Crippen molar-refractivity contribution in [2.24, 2.45) is 0 Å². The van der Waals surface area contributed by atoms with Crippen LogP contribution in [0.4, 0.5) is 5.69 Å². The molecule has 27 heavy (non-hydrogen) atoms. The summed E-state index contributed by atoms with van der Waals surface area (Å²) in [7, 11) is 0. The van der Waals surface area contributed by atoms with Crippen molar-refractivity contribution in [1.82, 2.24) is 4.98 Å². The number of halogens is 1. The van der Waals surface area contributed by atoms with Gasteiger partial charge < -0.3 is 9.73 Å². The molecule has 3 aromatic carbocycles. The number of fused-ring (bicyclic) bond motifs is 1. The second-order valence-electron chi connectivity index (χ2n) is 5.91. The summed E-state index contributed by atoms with van der Waals surface area (Å²) in [5, 5.41) is 2.85. The highest BCUT2D eigenvalue weighted by Gasteiger charge is 2.11. The number of rotatable bonds is 4. The first-order valence-corrected chi connectivity index (χ1v) is 9.18. The van der Waals surface area contributed by atoms with E-state index in [1.54, 1.807) is 24.3 Å². The van der Waals surface area contributed by atoms with Crippen molar-refractivity contribution < 1.29 is 9.21 Å². The van der Waals surface area contributed by atoms with Crippen LogP contribution in [0.5, 0.6) is 0 Å². The molecule has 1 N–H and O–H groups in total. The largest absolute Gasteiger partial charge is 0.436 e. The van der Waals surface area contributed by atoms with E-state index in [4.69, 9.17) is 4.42 Å². The molecular formula is C22H15BrN2O2. The molecule has 0 bridgehead atoms. The third-order valence-electron chi connectivity index (χ3n) is 3.99. The molecular weight excluding hydrogens is 404 g/mol. The van der Waals surface area contributed by atoms with E-state index in [0.29, 0.717) is 22.7 Å². The normalized spacial score (nSPS) is 11.1. The van der Waals surface area contributed by atoms with Gasteiger partial charge in [-0.05, 0) is 57.9 Å². The maximum absolute atomic E-state index is 12.1. The van der Waals surface area contributed by atoms with Gasteiger partial charge in [0.1, 0.15) is 5.52 Å². The van der Waals surface area contributed by atoms with E-state index in [9.17, 15) is 4.79 Å². The lowest BCUT2D eigenvalue weighted by Crippen LogP contribution is -2.07. The second kappa shape index (κ2) is 7.60. The van der Waals surface area contributed by atoms with Crippen molar-refractivity contribution in [3.8, 4) is 11.5 Å². The molecule has 0 atom stereocenters. The molecule has 4 rings (SSSR count). The van der Waals surface area contributed by atoms with Gasteiger partial charge in [-0.1, -0.05) is 42.5 Å². The van der Waals surface area contributed by atoms with Gasteiger partial charge in [-0.3, -0.25) is 4.79 Å². The van der Waals surface area contributed by atoms with Gasteiger partial charge in [-0.15, -0.1) is 0 Å². The maximum atomic E-state index is 12.1. The number of benzene rings is 3. The zero-order valence-electron chi connectivity index (χ0n) is 14.2. The van der Waals surface area contributed by atoms with Gasteiger partial charge in [0, 0.05) is 16.2 Å². The van der Waals surface area contributed by atoms with Crippen LogP contribution in [0.3, 0.4) is 0 Å². The Hall–Kier alpha value is -3.18. The monoisotopic (exact) mass is 418 g/mol. The zero-order chi connectivity index (χ0) is 18.6. The highest BCUT2D eigenvalue weighted by atomic mass is 79.9. The summed E-state index contributed by atoms with van der Waals surface area (Å²) >= 11 is 3.51. The molecule has 1 aromatic heterocycles. The minimum atomic E-state index is -0.201. The summed E-state index contributed by atoms with van der Waals surface area (Å²) in [5.74, 6) is 0.331. The number of carbonyl (C=O) groups is 1. The molecule has 0 fully saturated rings. The van der Waals surface area contributed by atoms with Crippen molar-refractivity contribution in [1.29, 1.82) is 0 Å². The first kappa shape index (κ1) is 17.2. The van der Waals surface area contributed by atoms with E-state index >= 15 is 0 Å². The van der Waals surface area contributed by atoms with Crippen LogP contribution in [-0.2, 0) is 4.79 Å². The quantitative estimate of drug-likeness (QED) is 0.419. The molecule has 0 aliphatic rings. The lowest BCUT2D eigenvalue weighted by molar-refractivity contribution is -0.111. The molecule has 4 aromatic rings. The van der Waals surface area contributed by atoms with Gasteiger partial charge in [0.25, 0.3) is 0 Å². The van der Waals surface area contributed by atoms with Gasteiger partial charge in [0.05, 0.1) is 5.56 Å². The number of oxazole rings is 1. The summed E-state index contributed by atoms with van der Waals surface area (Å²) in [6.45, 7) is 0. The van der Waals surface area contributed by atoms with Gasteiger partial charge in [0.15, 0.2) is 5.58 Å². The van der Waals surface area contributed by atoms with Crippen molar-refractivity contribution in [3.63, 3.8) is 0 Å². The van der Waals surface area contributed by atoms with E-state index in [2.05, 4.69) is 26.2 Å². The topological polar surface area (TPSA) is 55.1 Å². The van der Waals surface area contributed by atoms with Crippen molar-refractivity contribution in [2.75, 3.05) is 5.32 Å². The third-order valence-corrected chi connectivity index (χ3v) is 4.68. The highest BCUT2D eigenvalue weighted by Crippen LogP contribution is 2.30. The number of amides is 1. The second-order valence-corrected chi connectivity index (χ2v) is 6.77. The first-order chi connectivity index (χ1) is 13.2. The third kappa shape index (κ3) is 3.99. The first-order valence-electron chi connectivity index (χ1n) is 8.39. The Bertz CT molecular complexity index is 1130. The fourth-order valence-electron chi connectivity index (χ4n) is 2.68. The van der Waals surface area contributed by atoms with Crippen molar-refractivity contribution in [2.45, 2.75) is 0 Å². The Morgan fingerprint density at radius 2 is 1.78 bits per heavy atom. The van der Waals surface area contributed by atoms with Gasteiger partial charge >= 0.3 is 0 Å². The molecule has 0 radical (unpaired) electrons. The summed E-state index contributed by atoms with van der Waals surface area (Å²) in [6.07, 6.45) is 3.28. The molecule has 1 amide bonds. The summed E-state index contributed by atoms with van der Waals surface area (Å²) in [4.78, 5) is 16.7. The Morgan fingerprint density at radius 1 is 1.00 bits per heavy atom. The highest BCUT2D eigenvalue weighted by molar-refractivity contribution is 9.10. The van der Waals surface area contributed by atoms with Crippen LogP contribution in [0.15, 0.2) is 87.8 Å². The summed E-state index contributed by atoms with van der Waals surface area (Å²) < 4.78 is 6.75. The Labute approximate surface area is 164 Å². The molecule has 0 unspecified atom stereocenters. The van der Waals surface area contributed by atoms with E-state index < -0.39 is 0 Å². The van der Waals surface area contributed by atoms with E-state index in [1.165, 1.54) is 6.08 Å². The molecule has 0 aliphatic carbocycles. The molecule has 0 saturated carbocycles. The number of anilines is 1. The zero-order valence-corrected chi connectivity index (χ0v) is 15.8. The number of nitrogens with zero attached hydrogens (tertiary/aromatic N) is 1. The molecule has 0 aliphatic heterocycles. The molecule has 1 heterocycles. The average Bonchev–Trinajstić information content (AvgIpc) is 3.10. The van der Waals surface area contributed by atoms with Crippen LogP contribution in [-0.4, -0.2) is 10.9 Å². The van der Waals surface area contributed by atoms with Crippen LogP contribution in [0.25, 0.3) is 28.6 Å². The predicted molar refractivity (Wildman–Crippen MR) is 111 cm³/mol. The molecule has 0 saturated heterocycles. The van der Waals surface area contributed by atoms with Crippen LogP contribution < -0.4 is 5.32 Å². The van der Waals surface area contributed by atoms with Crippen molar-refractivity contribution in [3.05, 3.63) is 88.9 Å². The van der Waals surface area contributed by atoms with Gasteiger partial charge in [-0.2, -0.15) is 0 Å². The standard InChI is InChI=1S/C22H15BrN2O2/c23-18-9-5-4-8-17(18)22-25-19-14-16(11-12-20(19)27-22)24-21(26)13-10-15-6-2-1-3-7-15/h1-14H,(H,24,26). The number of nitrogens with one attached hydrogen (secondary N) is 1. The van der Waals surface area contributed by atoms with Gasteiger partial charge in [-0.25, -0.2) is 4.98 Å². The number of aromatic nitrogens is 1. The Balaban J connectivity index is 1.54. The number of hydrogen-bond acceptors (Lipinski definition) is 3. The maximum Gasteiger partial charge on any atom is 0.248 e. The lowest BCUT2D eigenvalue weighted by Gasteiger charge is -2.01. The average molecular weight is 419 g/mol. The minimum absolute atomic E-state index is 0.201. The predicted octanol–water partition coefficient (Wildman–Crippen LogP) is 5.91. The van der Waals surface area contributed by atoms with Crippen LogP contribution >= 0.6 is 15.9 Å². The fourth-order valence-corrected chi connectivity index (χ4v) is 3.13. The molecule has 132 valence electrons.